The lowest BCUT2D eigenvalue weighted by atomic mass is 9.76. The van der Waals surface area contributed by atoms with Crippen molar-refractivity contribution in [3.05, 3.63) is 30.1 Å². The Labute approximate surface area is 224 Å². The smallest absolute Gasteiger partial charge is 0.376 e. The number of hydrogen-bond donors (Lipinski definition) is 0. The lowest BCUT2D eigenvalue weighted by molar-refractivity contribution is -0.149. The van der Waals surface area contributed by atoms with Gasteiger partial charge < -0.3 is 13.8 Å². The van der Waals surface area contributed by atoms with E-state index in [4.69, 9.17) is 13.8 Å². The summed E-state index contributed by atoms with van der Waals surface area (Å²) in [5, 5.41) is 0. The maximum absolute atomic E-state index is 15.1. The zero-order chi connectivity index (χ0) is 26.7. The van der Waals surface area contributed by atoms with Crippen molar-refractivity contribution in [2.45, 2.75) is 111 Å². The Morgan fingerprint density at radius 2 is 1.43 bits per heavy atom. The molecule has 3 aliphatic carbocycles. The summed E-state index contributed by atoms with van der Waals surface area (Å²) >= 11 is 0. The quantitative estimate of drug-likeness (QED) is 0.223. The van der Waals surface area contributed by atoms with Crippen LogP contribution in [0.25, 0.3) is 0 Å². The fourth-order valence-electron chi connectivity index (χ4n) is 6.00. The van der Waals surface area contributed by atoms with Crippen LogP contribution in [0.2, 0.25) is 0 Å². The molecule has 208 valence electrons. The molecule has 3 fully saturated rings. The summed E-state index contributed by atoms with van der Waals surface area (Å²) in [6, 6.07) is 3.60. The zero-order valence-corrected chi connectivity index (χ0v) is 24.6. The highest BCUT2D eigenvalue weighted by atomic mass is 31.2. The fourth-order valence-corrected chi connectivity index (χ4v) is 8.37. The van der Waals surface area contributed by atoms with Gasteiger partial charge in [0, 0.05) is 18.0 Å². The van der Waals surface area contributed by atoms with Crippen molar-refractivity contribution in [1.82, 2.24) is 4.98 Å². The van der Waals surface area contributed by atoms with Crippen LogP contribution in [0.1, 0.15) is 104 Å². The highest BCUT2D eigenvalue weighted by Crippen LogP contribution is 2.65. The van der Waals surface area contributed by atoms with Gasteiger partial charge >= 0.3 is 13.6 Å². The number of carbonyl (C=O) groups excluding carboxylic acids is 1. The molecule has 7 atom stereocenters. The summed E-state index contributed by atoms with van der Waals surface area (Å²) in [4.78, 5) is 17.2. The molecule has 7 heteroatoms. The second kappa shape index (κ2) is 12.3. The van der Waals surface area contributed by atoms with Crippen LogP contribution in [0.3, 0.4) is 0 Å². The molecule has 37 heavy (non-hydrogen) atoms. The van der Waals surface area contributed by atoms with E-state index in [0.717, 1.165) is 51.4 Å². The third-order valence-corrected chi connectivity index (χ3v) is 11.3. The maximum atomic E-state index is 15.1. The van der Waals surface area contributed by atoms with Gasteiger partial charge in [-0.2, -0.15) is 0 Å². The second-order valence-corrected chi connectivity index (χ2v) is 14.7. The number of esters is 1. The minimum Gasteiger partial charge on any atom is -0.444 e. The average Bonchev–Trinajstić information content (AvgIpc) is 3.71. The standard InChI is InChI=1S/C30H48NO5P/c1-19(2)24-11-9-21(5)27(16-24)35-37(33,36-28-17-25(20(3)4)12-10-22(28)6)30(26-8-7-15-31-18-26)34-29(32)23-13-14-23/h7-8,15,18-25,27-28,30H,9-14,16-17H2,1-6H3/t21-,22-,24+,25+,27+,28+,30+/m0/s1. The molecule has 0 amide bonds. The highest BCUT2D eigenvalue weighted by molar-refractivity contribution is 7.54. The number of aromatic nitrogens is 1. The number of carbonyl (C=O) groups is 1. The highest BCUT2D eigenvalue weighted by Gasteiger charge is 2.49. The number of rotatable bonds is 10. The number of nitrogens with zero attached hydrogens (tertiary/aromatic N) is 1. The van der Waals surface area contributed by atoms with Gasteiger partial charge in [0.2, 0.25) is 5.85 Å². The summed E-state index contributed by atoms with van der Waals surface area (Å²) in [5.41, 5.74) is 0.576. The Morgan fingerprint density at radius 1 is 0.892 bits per heavy atom. The molecule has 6 nitrogen and oxygen atoms in total. The van der Waals surface area contributed by atoms with Crippen molar-refractivity contribution >= 4 is 13.6 Å². The van der Waals surface area contributed by atoms with Gasteiger partial charge in [-0.3, -0.25) is 14.3 Å². The molecule has 1 aromatic heterocycles. The van der Waals surface area contributed by atoms with Gasteiger partial charge in [0.1, 0.15) is 0 Å². The SMILES string of the molecule is CC(C)[C@@H]1CC[C@H](C)[C@H](OP(=O)(O[C@@H]2C[C@H](C(C)C)CC[C@@H]2C)[C@@H](OC(=O)C2CC2)c2cccnc2)C1. The molecule has 0 aromatic carbocycles. The largest absolute Gasteiger partial charge is 0.444 e. The van der Waals surface area contributed by atoms with Gasteiger partial charge in [-0.25, -0.2) is 0 Å². The van der Waals surface area contributed by atoms with Crippen LogP contribution in [-0.4, -0.2) is 23.2 Å². The van der Waals surface area contributed by atoms with Crippen LogP contribution in [0.4, 0.5) is 0 Å². The first-order valence-corrected chi connectivity index (χ1v) is 16.3. The molecule has 0 aliphatic heterocycles. The topological polar surface area (TPSA) is 74.7 Å². The van der Waals surface area contributed by atoms with Crippen LogP contribution in [-0.2, 0) is 23.1 Å². The van der Waals surface area contributed by atoms with Gasteiger partial charge in [0.05, 0.1) is 18.1 Å². The molecule has 4 rings (SSSR count). The van der Waals surface area contributed by atoms with Crippen LogP contribution in [0.15, 0.2) is 24.5 Å². The minimum absolute atomic E-state index is 0.120. The van der Waals surface area contributed by atoms with E-state index < -0.39 is 13.4 Å². The Kier molecular flexibility index (Phi) is 9.57. The minimum atomic E-state index is -3.93. The van der Waals surface area contributed by atoms with E-state index in [2.05, 4.69) is 46.5 Å². The molecular weight excluding hydrogens is 485 g/mol. The zero-order valence-electron chi connectivity index (χ0n) is 23.7. The van der Waals surface area contributed by atoms with Crippen LogP contribution in [0, 0.1) is 41.4 Å². The molecule has 0 saturated heterocycles. The summed E-state index contributed by atoms with van der Waals surface area (Å²) in [6.45, 7) is 13.4. The molecule has 1 aromatic rings. The first-order chi connectivity index (χ1) is 17.6. The van der Waals surface area contributed by atoms with Crippen molar-refractivity contribution in [3.8, 4) is 0 Å². The molecular formula is C30H48NO5P. The lowest BCUT2D eigenvalue weighted by Crippen LogP contribution is -2.35. The van der Waals surface area contributed by atoms with Crippen LogP contribution >= 0.6 is 7.60 Å². The summed E-state index contributed by atoms with van der Waals surface area (Å²) < 4.78 is 34.5. The van der Waals surface area contributed by atoms with Gasteiger partial charge in [-0.05, 0) is 92.9 Å². The Morgan fingerprint density at radius 3 is 1.86 bits per heavy atom. The molecule has 0 bridgehead atoms. The Hall–Kier alpha value is -1.23. The molecule has 0 radical (unpaired) electrons. The van der Waals surface area contributed by atoms with E-state index >= 15 is 4.57 Å². The number of hydrogen-bond acceptors (Lipinski definition) is 6. The van der Waals surface area contributed by atoms with E-state index in [1.165, 1.54) is 0 Å². The number of ether oxygens (including phenoxy) is 1. The average molecular weight is 534 g/mol. The Bertz CT molecular complexity index is 895. The van der Waals surface area contributed by atoms with E-state index in [1.807, 2.05) is 6.07 Å². The molecule has 3 saturated carbocycles. The van der Waals surface area contributed by atoms with E-state index in [9.17, 15) is 4.79 Å². The van der Waals surface area contributed by atoms with E-state index in [1.54, 1.807) is 18.5 Å². The summed E-state index contributed by atoms with van der Waals surface area (Å²) in [5.74, 6) is 1.07. The normalized spacial score (nSPS) is 31.9. The molecule has 0 spiro atoms. The van der Waals surface area contributed by atoms with Gasteiger partial charge in [0.15, 0.2) is 0 Å². The lowest BCUT2D eigenvalue weighted by Gasteiger charge is -2.42. The van der Waals surface area contributed by atoms with Crippen molar-refractivity contribution in [2.24, 2.45) is 41.4 Å². The predicted molar refractivity (Wildman–Crippen MR) is 146 cm³/mol. The van der Waals surface area contributed by atoms with Crippen molar-refractivity contribution in [2.75, 3.05) is 0 Å². The molecule has 1 heterocycles. The van der Waals surface area contributed by atoms with Gasteiger partial charge in [-0.15, -0.1) is 0 Å². The fraction of sp³-hybridized carbons (Fsp3) is 0.800. The maximum Gasteiger partial charge on any atom is 0.376 e. The van der Waals surface area contributed by atoms with Crippen molar-refractivity contribution < 1.29 is 23.1 Å². The Balaban J connectivity index is 1.68. The first-order valence-electron chi connectivity index (χ1n) is 14.6. The monoisotopic (exact) mass is 533 g/mol. The third-order valence-electron chi connectivity index (χ3n) is 9.17. The van der Waals surface area contributed by atoms with E-state index in [0.29, 0.717) is 29.2 Å². The summed E-state index contributed by atoms with van der Waals surface area (Å²) in [6.07, 6.45) is 10.6. The van der Waals surface area contributed by atoms with Gasteiger partial charge in [-0.1, -0.05) is 47.6 Å². The molecule has 0 unspecified atom stereocenters. The number of pyridine rings is 1. The van der Waals surface area contributed by atoms with Crippen molar-refractivity contribution in [3.63, 3.8) is 0 Å². The third kappa shape index (κ3) is 7.25. The predicted octanol–water partition coefficient (Wildman–Crippen LogP) is 8.18. The summed E-state index contributed by atoms with van der Waals surface area (Å²) in [7, 11) is -3.93. The van der Waals surface area contributed by atoms with Gasteiger partial charge in [0.25, 0.3) is 0 Å². The van der Waals surface area contributed by atoms with E-state index in [-0.39, 0.29) is 35.9 Å². The van der Waals surface area contributed by atoms with Crippen molar-refractivity contribution in [1.29, 1.82) is 0 Å². The first kappa shape index (κ1) is 28.8. The molecule has 3 aliphatic rings. The van der Waals surface area contributed by atoms with Crippen LogP contribution < -0.4 is 0 Å². The second-order valence-electron chi connectivity index (χ2n) is 12.8. The molecule has 0 N–H and O–H groups in total. The van der Waals surface area contributed by atoms with Crippen LogP contribution in [0.5, 0.6) is 0 Å².